The highest BCUT2D eigenvalue weighted by atomic mass is 35.5. The molecule has 3 aliphatic rings. The number of nitrogens with one attached hydrogen (secondary N) is 1. The van der Waals surface area contributed by atoms with Gasteiger partial charge in [0, 0.05) is 71.7 Å². The van der Waals surface area contributed by atoms with Gasteiger partial charge in [-0.2, -0.15) is 0 Å². The summed E-state index contributed by atoms with van der Waals surface area (Å²) in [6.45, 7) is 9.28. The highest BCUT2D eigenvalue weighted by Gasteiger charge is 2.35. The Balaban J connectivity index is 1.35. The molecule has 0 radical (unpaired) electrons. The molecule has 2 aliphatic carbocycles. The third kappa shape index (κ3) is 6.98. The number of aryl methyl sites for hydroxylation is 2. The second kappa shape index (κ2) is 12.9. The number of morpholine rings is 1. The normalized spacial score (nSPS) is 30.4. The van der Waals surface area contributed by atoms with E-state index in [9.17, 15) is 9.59 Å². The number of pyridine rings is 2. The number of amides is 1. The van der Waals surface area contributed by atoms with Crippen LogP contribution in [-0.4, -0.2) is 70.0 Å². The van der Waals surface area contributed by atoms with Gasteiger partial charge in [-0.3, -0.25) is 19.5 Å². The lowest BCUT2D eigenvalue weighted by molar-refractivity contribution is -0.126. The van der Waals surface area contributed by atoms with Gasteiger partial charge in [0.25, 0.3) is 5.56 Å². The van der Waals surface area contributed by atoms with E-state index >= 15 is 0 Å². The summed E-state index contributed by atoms with van der Waals surface area (Å²) in [5, 5.41) is 4.21. The first-order valence-electron chi connectivity index (χ1n) is 14.7. The van der Waals surface area contributed by atoms with Crippen LogP contribution in [0.3, 0.4) is 0 Å². The molecule has 9 heteroatoms. The molecule has 2 aromatic heterocycles. The fourth-order valence-corrected chi connectivity index (χ4v) is 7.72. The van der Waals surface area contributed by atoms with Gasteiger partial charge in [-0.15, -0.1) is 23.2 Å². The molecule has 5 unspecified atom stereocenters. The summed E-state index contributed by atoms with van der Waals surface area (Å²) in [4.78, 5) is 34.2. The predicted octanol–water partition coefficient (Wildman–Crippen LogP) is 4.83. The van der Waals surface area contributed by atoms with Gasteiger partial charge in [0.05, 0.1) is 18.7 Å². The van der Waals surface area contributed by atoms with Crippen LogP contribution < -0.4 is 10.9 Å². The number of carbonyl (C=O) groups is 1. The molecular formula is C30H42Cl2N4O3. The molecule has 2 aromatic rings. The van der Waals surface area contributed by atoms with Crippen LogP contribution in [-0.2, 0) is 16.1 Å². The van der Waals surface area contributed by atoms with Crippen molar-refractivity contribution in [1.29, 1.82) is 0 Å². The zero-order valence-electron chi connectivity index (χ0n) is 23.2. The van der Waals surface area contributed by atoms with Gasteiger partial charge in [0.2, 0.25) is 5.91 Å². The van der Waals surface area contributed by atoms with Gasteiger partial charge in [0.15, 0.2) is 0 Å². The minimum atomic E-state index is -0.139. The molecule has 0 aromatic carbocycles. The number of fused-ring (bicyclic) bond motifs is 1. The molecule has 0 spiro atoms. The van der Waals surface area contributed by atoms with Crippen molar-refractivity contribution in [2.75, 3.05) is 32.8 Å². The average Bonchev–Trinajstić information content (AvgIpc) is 2.91. The molecule has 7 nitrogen and oxygen atoms in total. The van der Waals surface area contributed by atoms with Crippen LogP contribution in [0.1, 0.15) is 69.0 Å². The van der Waals surface area contributed by atoms with Crippen molar-refractivity contribution in [3.05, 3.63) is 39.9 Å². The number of hydrogen-bond donors (Lipinski definition) is 1. The number of carbonyl (C=O) groups excluding carboxylic acids is 1. The maximum atomic E-state index is 14.1. The minimum absolute atomic E-state index is 0.0455. The van der Waals surface area contributed by atoms with Crippen LogP contribution in [0.5, 0.6) is 0 Å². The Hall–Kier alpha value is -1.67. The van der Waals surface area contributed by atoms with Gasteiger partial charge >= 0.3 is 0 Å². The number of ether oxygens (including phenoxy) is 1. The first-order chi connectivity index (χ1) is 18.8. The standard InChI is InChI=1S/C30H42Cl2N4O3/c1-19-4-5-25(34-29(37)21-13-23(31)16-24(32)14-21)17-26(19)27-15-22-18-33-20(2)12-28(22)36(30(27)38)7-3-6-35-8-10-39-11-9-35/h12,15,18-19,21,23-26H,3-11,13-14,16-17H2,1-2H3,(H,34,37). The first kappa shape index (κ1) is 28.8. The van der Waals surface area contributed by atoms with Gasteiger partial charge in [-0.25, -0.2) is 0 Å². The molecule has 1 amide bonds. The van der Waals surface area contributed by atoms with Crippen molar-refractivity contribution in [1.82, 2.24) is 19.8 Å². The summed E-state index contributed by atoms with van der Waals surface area (Å²) in [5.74, 6) is 0.363. The Morgan fingerprint density at radius 1 is 1.08 bits per heavy atom. The summed E-state index contributed by atoms with van der Waals surface area (Å²) in [6, 6.07) is 4.14. The van der Waals surface area contributed by atoms with Gasteiger partial charge < -0.3 is 14.6 Å². The van der Waals surface area contributed by atoms with Crippen molar-refractivity contribution in [2.45, 2.75) is 88.1 Å². The Kier molecular flexibility index (Phi) is 9.53. The van der Waals surface area contributed by atoms with Crippen LogP contribution in [0.15, 0.2) is 23.1 Å². The van der Waals surface area contributed by atoms with Gasteiger partial charge in [0.1, 0.15) is 0 Å². The average molecular weight is 578 g/mol. The maximum absolute atomic E-state index is 14.1. The third-order valence-corrected chi connectivity index (χ3v) is 9.72. The first-order valence-corrected chi connectivity index (χ1v) is 15.5. The molecule has 214 valence electrons. The van der Waals surface area contributed by atoms with Crippen molar-refractivity contribution in [2.24, 2.45) is 11.8 Å². The number of rotatable bonds is 7. The molecular weight excluding hydrogens is 535 g/mol. The molecule has 1 saturated heterocycles. The van der Waals surface area contributed by atoms with E-state index in [1.807, 2.05) is 23.8 Å². The summed E-state index contributed by atoms with van der Waals surface area (Å²) < 4.78 is 7.45. The third-order valence-electron chi connectivity index (χ3n) is 9.01. The Morgan fingerprint density at radius 2 is 1.82 bits per heavy atom. The number of aromatic nitrogens is 2. The molecule has 39 heavy (non-hydrogen) atoms. The lowest BCUT2D eigenvalue weighted by atomic mass is 9.74. The van der Waals surface area contributed by atoms with Crippen LogP contribution in [0.2, 0.25) is 0 Å². The summed E-state index contributed by atoms with van der Waals surface area (Å²) >= 11 is 12.7. The smallest absolute Gasteiger partial charge is 0.254 e. The van der Waals surface area contributed by atoms with E-state index in [-0.39, 0.29) is 40.1 Å². The van der Waals surface area contributed by atoms with Crippen molar-refractivity contribution in [3.8, 4) is 0 Å². The van der Waals surface area contributed by atoms with E-state index in [0.29, 0.717) is 25.3 Å². The molecule has 0 bridgehead atoms. The highest BCUT2D eigenvalue weighted by Crippen LogP contribution is 2.38. The van der Waals surface area contributed by atoms with Crippen molar-refractivity contribution in [3.63, 3.8) is 0 Å². The quantitative estimate of drug-likeness (QED) is 0.478. The molecule has 1 N–H and O–H groups in total. The number of nitrogens with zero attached hydrogens (tertiary/aromatic N) is 3. The molecule has 5 atom stereocenters. The topological polar surface area (TPSA) is 76.5 Å². The van der Waals surface area contributed by atoms with Crippen LogP contribution in [0.4, 0.5) is 0 Å². The van der Waals surface area contributed by atoms with E-state index in [1.54, 1.807) is 0 Å². The van der Waals surface area contributed by atoms with Crippen molar-refractivity contribution >= 4 is 40.0 Å². The Labute approximate surface area is 241 Å². The summed E-state index contributed by atoms with van der Waals surface area (Å²) in [7, 11) is 0. The van der Waals surface area contributed by atoms with Crippen molar-refractivity contribution < 1.29 is 9.53 Å². The molecule has 2 saturated carbocycles. The molecule has 3 heterocycles. The zero-order chi connectivity index (χ0) is 27.5. The van der Waals surface area contributed by atoms with Gasteiger partial charge in [-0.1, -0.05) is 6.92 Å². The monoisotopic (exact) mass is 576 g/mol. The highest BCUT2D eigenvalue weighted by molar-refractivity contribution is 6.24. The van der Waals surface area contributed by atoms with Crippen LogP contribution in [0.25, 0.3) is 10.9 Å². The second-order valence-electron chi connectivity index (χ2n) is 11.9. The van der Waals surface area contributed by atoms with E-state index < -0.39 is 0 Å². The maximum Gasteiger partial charge on any atom is 0.254 e. The van der Waals surface area contributed by atoms with E-state index in [4.69, 9.17) is 27.9 Å². The Bertz CT molecular complexity index is 1200. The van der Waals surface area contributed by atoms with Crippen LogP contribution >= 0.6 is 23.2 Å². The summed E-state index contributed by atoms with van der Waals surface area (Å²) in [5.41, 5.74) is 2.81. The fraction of sp³-hybridized carbons (Fsp3) is 0.700. The van der Waals surface area contributed by atoms with Gasteiger partial charge in [-0.05, 0) is 75.8 Å². The number of halogens is 2. The zero-order valence-corrected chi connectivity index (χ0v) is 24.7. The SMILES string of the molecule is Cc1cc2c(cn1)cc(C1CC(NC(=O)C3CC(Cl)CC(Cl)C3)CCC1C)c(=O)n2CCCN1CCOCC1. The fourth-order valence-electron chi connectivity index (χ4n) is 6.76. The molecule has 3 fully saturated rings. The summed E-state index contributed by atoms with van der Waals surface area (Å²) in [6.07, 6.45) is 7.57. The largest absolute Gasteiger partial charge is 0.379 e. The Morgan fingerprint density at radius 3 is 2.56 bits per heavy atom. The lowest BCUT2D eigenvalue weighted by Crippen LogP contribution is -2.45. The molecule has 5 rings (SSSR count). The lowest BCUT2D eigenvalue weighted by Gasteiger charge is -2.36. The number of alkyl halides is 2. The minimum Gasteiger partial charge on any atom is -0.379 e. The van der Waals surface area contributed by atoms with Crippen LogP contribution in [0, 0.1) is 18.8 Å². The predicted molar refractivity (Wildman–Crippen MR) is 157 cm³/mol. The van der Waals surface area contributed by atoms with E-state index in [2.05, 4.69) is 28.2 Å². The van der Waals surface area contributed by atoms with E-state index in [1.165, 1.54) is 0 Å². The number of hydrogen-bond acceptors (Lipinski definition) is 5. The molecule has 1 aliphatic heterocycles. The van der Waals surface area contributed by atoms with E-state index in [0.717, 1.165) is 87.1 Å². The second-order valence-corrected chi connectivity index (χ2v) is 13.2.